The van der Waals surface area contributed by atoms with Gasteiger partial charge in [0.05, 0.1) is 6.26 Å². The smallest absolute Gasteiger partial charge is 0.293 e. The van der Waals surface area contributed by atoms with Crippen molar-refractivity contribution in [2.75, 3.05) is 0 Å². The van der Waals surface area contributed by atoms with Crippen LogP contribution in [0.4, 0.5) is 0 Å². The van der Waals surface area contributed by atoms with Crippen molar-refractivity contribution in [2.45, 2.75) is 26.4 Å². The van der Waals surface area contributed by atoms with E-state index in [-0.39, 0.29) is 5.60 Å². The van der Waals surface area contributed by atoms with Gasteiger partial charge in [-0.3, -0.25) is 9.59 Å². The Bertz CT molecular complexity index is 256. The van der Waals surface area contributed by atoms with Crippen LogP contribution in [-0.4, -0.2) is 18.4 Å². The quantitative estimate of drug-likeness (QED) is 0.682. The molecule has 0 atom stereocenters. The van der Waals surface area contributed by atoms with Crippen LogP contribution in [0.3, 0.4) is 0 Å². The van der Waals surface area contributed by atoms with E-state index in [2.05, 4.69) is 9.15 Å². The Morgan fingerprint density at radius 1 is 1.36 bits per heavy atom. The highest BCUT2D eigenvalue weighted by atomic mass is 16.5. The maximum atomic E-state index is 9.77. The highest BCUT2D eigenvalue weighted by Crippen LogP contribution is 2.02. The van der Waals surface area contributed by atoms with Crippen molar-refractivity contribution in [1.29, 1.82) is 0 Å². The third kappa shape index (κ3) is 7.09. The SMILES string of the molecule is CC(C)(C)OC=O.O=Cc1ccco1. The Balaban J connectivity index is 0.000000241. The Labute approximate surface area is 82.9 Å². The summed E-state index contributed by atoms with van der Waals surface area (Å²) < 4.78 is 9.16. The van der Waals surface area contributed by atoms with Gasteiger partial charge in [-0.1, -0.05) is 0 Å². The topological polar surface area (TPSA) is 56.5 Å². The van der Waals surface area contributed by atoms with Crippen LogP contribution in [0.1, 0.15) is 31.3 Å². The lowest BCUT2D eigenvalue weighted by molar-refractivity contribution is -0.138. The lowest BCUT2D eigenvalue weighted by Gasteiger charge is -2.14. The lowest BCUT2D eigenvalue weighted by atomic mass is 10.2. The number of furan rings is 1. The van der Waals surface area contributed by atoms with E-state index in [1.165, 1.54) is 6.26 Å². The molecule has 0 aromatic carbocycles. The van der Waals surface area contributed by atoms with Crippen molar-refractivity contribution in [3.63, 3.8) is 0 Å². The molecule has 4 heteroatoms. The summed E-state index contributed by atoms with van der Waals surface area (Å²) >= 11 is 0. The van der Waals surface area contributed by atoms with Crippen molar-refractivity contribution < 1.29 is 18.7 Å². The molecule has 0 aliphatic carbocycles. The Hall–Kier alpha value is -1.58. The first-order chi connectivity index (χ1) is 6.49. The van der Waals surface area contributed by atoms with E-state index in [0.29, 0.717) is 18.5 Å². The second-order valence-corrected chi connectivity index (χ2v) is 3.46. The van der Waals surface area contributed by atoms with Gasteiger partial charge in [0.25, 0.3) is 6.47 Å². The van der Waals surface area contributed by atoms with E-state index >= 15 is 0 Å². The molecular formula is C10H14O4. The van der Waals surface area contributed by atoms with Crippen LogP contribution in [0.15, 0.2) is 22.8 Å². The summed E-state index contributed by atoms with van der Waals surface area (Å²) in [6.45, 7) is 5.92. The van der Waals surface area contributed by atoms with E-state index in [4.69, 9.17) is 0 Å². The molecule has 0 bridgehead atoms. The third-order valence-electron chi connectivity index (χ3n) is 1.06. The molecule has 0 saturated carbocycles. The molecule has 0 spiro atoms. The average Bonchev–Trinajstić information content (AvgIpc) is 2.54. The van der Waals surface area contributed by atoms with Gasteiger partial charge in [0.15, 0.2) is 12.0 Å². The van der Waals surface area contributed by atoms with Gasteiger partial charge < -0.3 is 9.15 Å². The zero-order valence-corrected chi connectivity index (χ0v) is 8.52. The van der Waals surface area contributed by atoms with Crippen LogP contribution in [0, 0.1) is 0 Å². The number of carbonyl (C=O) groups excluding carboxylic acids is 2. The number of carbonyl (C=O) groups is 2. The fourth-order valence-corrected chi connectivity index (χ4v) is 0.503. The van der Waals surface area contributed by atoms with Crippen molar-refractivity contribution in [1.82, 2.24) is 0 Å². The van der Waals surface area contributed by atoms with Crippen LogP contribution in [-0.2, 0) is 9.53 Å². The van der Waals surface area contributed by atoms with Gasteiger partial charge in [0.2, 0.25) is 0 Å². The lowest BCUT2D eigenvalue weighted by Crippen LogP contribution is -2.17. The fourth-order valence-electron chi connectivity index (χ4n) is 0.503. The zero-order valence-electron chi connectivity index (χ0n) is 8.52. The fraction of sp³-hybridized carbons (Fsp3) is 0.400. The number of ether oxygens (including phenoxy) is 1. The molecule has 1 aromatic heterocycles. The number of aldehydes is 1. The highest BCUT2D eigenvalue weighted by molar-refractivity contribution is 5.69. The molecule has 0 aliphatic rings. The Morgan fingerprint density at radius 3 is 2.14 bits per heavy atom. The average molecular weight is 198 g/mol. The largest absolute Gasteiger partial charge is 0.462 e. The van der Waals surface area contributed by atoms with Gasteiger partial charge >= 0.3 is 0 Å². The van der Waals surface area contributed by atoms with Crippen LogP contribution in [0.5, 0.6) is 0 Å². The van der Waals surface area contributed by atoms with Gasteiger partial charge in [0.1, 0.15) is 5.60 Å². The van der Waals surface area contributed by atoms with Gasteiger partial charge in [-0.2, -0.15) is 0 Å². The van der Waals surface area contributed by atoms with Crippen LogP contribution in [0.2, 0.25) is 0 Å². The predicted molar refractivity (Wildman–Crippen MR) is 51.0 cm³/mol. The number of hydrogen-bond acceptors (Lipinski definition) is 4. The Kier molecular flexibility index (Phi) is 5.29. The summed E-state index contributed by atoms with van der Waals surface area (Å²) in [5.41, 5.74) is -0.318. The van der Waals surface area contributed by atoms with Crippen molar-refractivity contribution in [3.8, 4) is 0 Å². The molecule has 1 heterocycles. The summed E-state index contributed by atoms with van der Waals surface area (Å²) in [7, 11) is 0. The van der Waals surface area contributed by atoms with Crippen molar-refractivity contribution in [3.05, 3.63) is 24.2 Å². The van der Waals surface area contributed by atoms with Crippen LogP contribution < -0.4 is 0 Å². The molecule has 1 aromatic rings. The van der Waals surface area contributed by atoms with Gasteiger partial charge in [-0.15, -0.1) is 0 Å². The minimum atomic E-state index is -0.318. The molecule has 0 amide bonds. The van der Waals surface area contributed by atoms with Gasteiger partial charge in [-0.05, 0) is 32.9 Å². The van der Waals surface area contributed by atoms with E-state index in [1.807, 2.05) is 20.8 Å². The minimum absolute atomic E-state index is 0.318. The van der Waals surface area contributed by atoms with Crippen LogP contribution in [0.25, 0.3) is 0 Å². The molecule has 0 aliphatic heterocycles. The molecule has 0 N–H and O–H groups in total. The predicted octanol–water partition coefficient (Wildman–Crippen LogP) is 2.05. The standard InChI is InChI=1S/C5H4O2.C5H10O2/c6-4-5-2-1-3-7-5;1-5(2,3)7-4-6/h1-4H;4H,1-3H3. The maximum Gasteiger partial charge on any atom is 0.293 e. The summed E-state index contributed by atoms with van der Waals surface area (Å²) in [6, 6.07) is 3.27. The highest BCUT2D eigenvalue weighted by Gasteiger charge is 2.07. The molecular weight excluding hydrogens is 184 g/mol. The first-order valence-corrected chi connectivity index (χ1v) is 4.10. The summed E-state index contributed by atoms with van der Waals surface area (Å²) in [5.74, 6) is 0.375. The molecule has 0 radical (unpaired) electrons. The second kappa shape index (κ2) is 5.96. The molecule has 14 heavy (non-hydrogen) atoms. The molecule has 0 fully saturated rings. The summed E-state index contributed by atoms with van der Waals surface area (Å²) in [6.07, 6.45) is 2.13. The van der Waals surface area contributed by atoms with Crippen molar-refractivity contribution in [2.24, 2.45) is 0 Å². The van der Waals surface area contributed by atoms with Gasteiger partial charge in [0, 0.05) is 0 Å². The van der Waals surface area contributed by atoms with Crippen molar-refractivity contribution >= 4 is 12.8 Å². The maximum absolute atomic E-state index is 9.77. The Morgan fingerprint density at radius 2 is 2.00 bits per heavy atom. The summed E-state index contributed by atoms with van der Waals surface area (Å²) in [5, 5.41) is 0. The molecule has 4 nitrogen and oxygen atoms in total. The minimum Gasteiger partial charge on any atom is -0.462 e. The molecule has 78 valence electrons. The van der Waals surface area contributed by atoms with E-state index in [9.17, 15) is 9.59 Å². The molecule has 0 unspecified atom stereocenters. The van der Waals surface area contributed by atoms with Crippen LogP contribution >= 0.6 is 0 Å². The summed E-state index contributed by atoms with van der Waals surface area (Å²) in [4.78, 5) is 19.4. The normalized spacial score (nSPS) is 9.64. The zero-order chi connectivity index (χ0) is 11.0. The van der Waals surface area contributed by atoms with E-state index in [1.54, 1.807) is 12.1 Å². The third-order valence-corrected chi connectivity index (χ3v) is 1.06. The monoisotopic (exact) mass is 198 g/mol. The first-order valence-electron chi connectivity index (χ1n) is 4.10. The number of hydrogen-bond donors (Lipinski definition) is 0. The van der Waals surface area contributed by atoms with E-state index in [0.717, 1.165) is 0 Å². The molecule has 0 saturated heterocycles. The van der Waals surface area contributed by atoms with Gasteiger partial charge in [-0.25, -0.2) is 0 Å². The van der Waals surface area contributed by atoms with E-state index < -0.39 is 0 Å². The number of rotatable bonds is 2. The molecule has 1 rings (SSSR count). The second-order valence-electron chi connectivity index (χ2n) is 3.46. The first kappa shape index (κ1) is 12.4.